The van der Waals surface area contributed by atoms with Crippen LogP contribution in [0.1, 0.15) is 29.0 Å². The second kappa shape index (κ2) is 7.01. The first kappa shape index (κ1) is 19.4. The third-order valence-electron chi connectivity index (χ3n) is 4.46. The number of nitrogens with one attached hydrogen (secondary N) is 1. The fourth-order valence-corrected chi connectivity index (χ4v) is 4.68. The van der Waals surface area contributed by atoms with Gasteiger partial charge in [0.25, 0.3) is 5.91 Å². The van der Waals surface area contributed by atoms with Crippen molar-refractivity contribution in [2.75, 3.05) is 13.1 Å². The summed E-state index contributed by atoms with van der Waals surface area (Å²) < 4.78 is 65.8. The minimum absolute atomic E-state index is 0.0123. The maximum Gasteiger partial charge on any atom is 0.405 e. The average molecular weight is 401 g/mol. The molecule has 0 saturated carbocycles. The summed E-state index contributed by atoms with van der Waals surface area (Å²) in [5.74, 6) is -0.916. The van der Waals surface area contributed by atoms with Crippen LogP contribution in [-0.2, 0) is 16.6 Å². The van der Waals surface area contributed by atoms with Crippen molar-refractivity contribution in [3.63, 3.8) is 0 Å². The van der Waals surface area contributed by atoms with E-state index < -0.39 is 28.7 Å². The Morgan fingerprint density at radius 2 is 1.85 bits per heavy atom. The number of hydrogen-bond donors (Lipinski definition) is 1. The second-order valence-corrected chi connectivity index (χ2v) is 8.13. The topological polar surface area (TPSA) is 71.4 Å². The number of benzene rings is 1. The Labute approximate surface area is 154 Å². The first-order chi connectivity index (χ1) is 12.6. The Hall–Kier alpha value is -2.33. The summed E-state index contributed by atoms with van der Waals surface area (Å²) in [7, 11) is -3.80. The van der Waals surface area contributed by atoms with Gasteiger partial charge in [0.15, 0.2) is 0 Å². The van der Waals surface area contributed by atoms with Gasteiger partial charge in [-0.2, -0.15) is 17.5 Å². The molecule has 146 valence electrons. The summed E-state index contributed by atoms with van der Waals surface area (Å²) in [5, 5.41) is 1.75. The van der Waals surface area contributed by atoms with Gasteiger partial charge in [-0.25, -0.2) is 8.42 Å². The Morgan fingerprint density at radius 3 is 2.48 bits per heavy atom. The molecule has 0 radical (unpaired) electrons. The number of carbonyl (C=O) groups is 1. The number of hydrogen-bond acceptors (Lipinski definition) is 3. The van der Waals surface area contributed by atoms with Crippen LogP contribution in [0.5, 0.6) is 0 Å². The Morgan fingerprint density at radius 1 is 1.19 bits per heavy atom. The van der Waals surface area contributed by atoms with Crippen LogP contribution in [0.3, 0.4) is 0 Å². The predicted molar refractivity (Wildman–Crippen MR) is 91.6 cm³/mol. The van der Waals surface area contributed by atoms with Gasteiger partial charge in [-0.3, -0.25) is 4.79 Å². The van der Waals surface area contributed by atoms with E-state index in [0.29, 0.717) is 13.1 Å². The molecule has 0 bridgehead atoms. The van der Waals surface area contributed by atoms with E-state index in [1.807, 2.05) is 22.9 Å². The monoisotopic (exact) mass is 401 g/mol. The van der Waals surface area contributed by atoms with Crippen molar-refractivity contribution >= 4 is 15.9 Å². The molecular weight excluding hydrogens is 383 g/mol. The minimum Gasteiger partial charge on any atom is -0.349 e. The zero-order chi connectivity index (χ0) is 19.8. The van der Waals surface area contributed by atoms with Crippen LogP contribution in [0, 0.1) is 0 Å². The Balaban J connectivity index is 1.77. The lowest BCUT2D eigenvalue weighted by molar-refractivity contribution is -0.123. The largest absolute Gasteiger partial charge is 0.405 e. The molecule has 2 aromatic rings. The van der Waals surface area contributed by atoms with E-state index in [1.54, 1.807) is 12.2 Å². The zero-order valence-electron chi connectivity index (χ0n) is 14.4. The number of amides is 1. The molecule has 10 heteroatoms. The quantitative estimate of drug-likeness (QED) is 0.856. The summed E-state index contributed by atoms with van der Waals surface area (Å²) in [6.45, 7) is 1.18. The van der Waals surface area contributed by atoms with E-state index >= 15 is 0 Å². The lowest BCUT2D eigenvalue weighted by atomic mass is 10.2. The average Bonchev–Trinajstić information content (AvgIpc) is 3.09. The molecule has 1 aromatic heterocycles. The zero-order valence-corrected chi connectivity index (χ0v) is 15.2. The highest BCUT2D eigenvalue weighted by atomic mass is 32.2. The van der Waals surface area contributed by atoms with Gasteiger partial charge in [-0.15, -0.1) is 0 Å². The third-order valence-corrected chi connectivity index (χ3v) is 6.44. The molecule has 1 amide bonds. The van der Waals surface area contributed by atoms with Crippen LogP contribution in [0.25, 0.3) is 0 Å². The van der Waals surface area contributed by atoms with E-state index in [-0.39, 0.29) is 16.5 Å². The van der Waals surface area contributed by atoms with E-state index in [2.05, 4.69) is 0 Å². The van der Waals surface area contributed by atoms with Crippen molar-refractivity contribution in [2.45, 2.75) is 30.6 Å². The summed E-state index contributed by atoms with van der Waals surface area (Å²) in [5.41, 5.74) is 0.840. The van der Waals surface area contributed by atoms with Gasteiger partial charge < -0.3 is 9.88 Å². The number of rotatable bonds is 4. The molecule has 6 nitrogen and oxygen atoms in total. The molecule has 1 aromatic carbocycles. The van der Waals surface area contributed by atoms with Crippen LogP contribution in [0.15, 0.2) is 47.5 Å². The van der Waals surface area contributed by atoms with Gasteiger partial charge in [0.05, 0.1) is 10.9 Å². The normalized spacial score (nSPS) is 18.1. The highest BCUT2D eigenvalue weighted by molar-refractivity contribution is 7.89. The molecule has 27 heavy (non-hydrogen) atoms. The maximum absolute atomic E-state index is 12.9. The first-order valence-corrected chi connectivity index (χ1v) is 9.65. The van der Waals surface area contributed by atoms with Crippen molar-refractivity contribution in [3.8, 4) is 0 Å². The number of alkyl halides is 3. The summed E-state index contributed by atoms with van der Waals surface area (Å²) in [6, 6.07) is 8.24. The van der Waals surface area contributed by atoms with Gasteiger partial charge in [-0.1, -0.05) is 0 Å². The highest BCUT2D eigenvalue weighted by Gasteiger charge is 2.34. The molecule has 1 N–H and O–H groups in total. The van der Waals surface area contributed by atoms with Gasteiger partial charge in [-0.05, 0) is 43.3 Å². The van der Waals surface area contributed by atoms with Gasteiger partial charge in [0, 0.05) is 30.5 Å². The summed E-state index contributed by atoms with van der Waals surface area (Å²) in [6.07, 6.45) is -2.62. The number of nitrogens with zero attached hydrogens (tertiary/aromatic N) is 2. The predicted octanol–water partition coefficient (Wildman–Crippen LogP) is 2.55. The van der Waals surface area contributed by atoms with Crippen LogP contribution in [0.2, 0.25) is 0 Å². The van der Waals surface area contributed by atoms with Crippen molar-refractivity contribution in [1.82, 2.24) is 14.2 Å². The molecule has 3 rings (SSSR count). The van der Waals surface area contributed by atoms with Gasteiger partial charge >= 0.3 is 6.18 Å². The van der Waals surface area contributed by atoms with Crippen molar-refractivity contribution in [3.05, 3.63) is 53.9 Å². The minimum atomic E-state index is -4.51. The Bertz CT molecular complexity index is 936. The standard InChI is InChI=1S/C17H18F3N3O3S/c1-12-15-3-2-8-22(15)9-10-23(12)27(25,26)14-6-4-13(5-7-14)16(24)21-11-17(18,19)20/h2-8,12H,9-11H2,1H3,(H,21,24)/t12-/m1/s1. The van der Waals surface area contributed by atoms with Crippen LogP contribution in [0.4, 0.5) is 13.2 Å². The highest BCUT2D eigenvalue weighted by Crippen LogP contribution is 2.31. The molecule has 1 aliphatic heterocycles. The number of halogens is 3. The molecule has 2 heterocycles. The SMILES string of the molecule is C[C@@H]1c2cccn2CCN1S(=O)(=O)c1ccc(C(=O)NCC(F)(F)F)cc1. The third kappa shape index (κ3) is 4.01. The molecule has 0 fully saturated rings. The van der Waals surface area contributed by atoms with Crippen LogP contribution >= 0.6 is 0 Å². The fourth-order valence-electron chi connectivity index (χ4n) is 3.08. The number of fused-ring (bicyclic) bond motifs is 1. The smallest absolute Gasteiger partial charge is 0.349 e. The summed E-state index contributed by atoms with van der Waals surface area (Å²) in [4.78, 5) is 11.7. The molecule has 0 unspecified atom stereocenters. The van der Waals surface area contributed by atoms with Gasteiger partial charge in [0.2, 0.25) is 10.0 Å². The van der Waals surface area contributed by atoms with E-state index in [4.69, 9.17) is 0 Å². The molecule has 0 spiro atoms. The number of aromatic nitrogens is 1. The van der Waals surface area contributed by atoms with Crippen molar-refractivity contribution in [1.29, 1.82) is 0 Å². The maximum atomic E-state index is 12.9. The molecule has 1 aliphatic rings. The van der Waals surface area contributed by atoms with Crippen molar-refractivity contribution in [2.24, 2.45) is 0 Å². The lowest BCUT2D eigenvalue weighted by Crippen LogP contribution is -2.40. The number of sulfonamides is 1. The molecule has 0 saturated heterocycles. The van der Waals surface area contributed by atoms with E-state index in [1.165, 1.54) is 28.6 Å². The van der Waals surface area contributed by atoms with Crippen molar-refractivity contribution < 1.29 is 26.4 Å². The van der Waals surface area contributed by atoms with E-state index in [9.17, 15) is 26.4 Å². The summed E-state index contributed by atoms with van der Waals surface area (Å²) >= 11 is 0. The lowest BCUT2D eigenvalue weighted by Gasteiger charge is -2.33. The number of carbonyl (C=O) groups excluding carboxylic acids is 1. The molecule has 1 atom stereocenters. The Kier molecular flexibility index (Phi) is 5.04. The fraction of sp³-hybridized carbons (Fsp3) is 0.353. The molecular formula is C17H18F3N3O3S. The van der Waals surface area contributed by atoms with Crippen LogP contribution < -0.4 is 5.32 Å². The van der Waals surface area contributed by atoms with E-state index in [0.717, 1.165) is 5.69 Å². The van der Waals surface area contributed by atoms with Gasteiger partial charge in [0.1, 0.15) is 6.54 Å². The van der Waals surface area contributed by atoms with Crippen LogP contribution in [-0.4, -0.2) is 42.5 Å². The second-order valence-electron chi connectivity index (χ2n) is 6.24. The first-order valence-electron chi connectivity index (χ1n) is 8.21. The molecule has 0 aliphatic carbocycles.